The van der Waals surface area contributed by atoms with Gasteiger partial charge in [0.15, 0.2) is 5.82 Å². The highest BCUT2D eigenvalue weighted by Gasteiger charge is 2.18. The summed E-state index contributed by atoms with van der Waals surface area (Å²) in [5, 5.41) is 40.2. The number of hydrogen-bond donors (Lipinski definition) is 4. The number of carbonyl (C=O) groups excluding carboxylic acids is 1. The van der Waals surface area contributed by atoms with E-state index in [0.29, 0.717) is 16.9 Å². The van der Waals surface area contributed by atoms with Crippen molar-refractivity contribution in [3.05, 3.63) is 78.4 Å². The zero-order chi connectivity index (χ0) is 21.1. The highest BCUT2D eigenvalue weighted by molar-refractivity contribution is 5.92. The highest BCUT2D eigenvalue weighted by Crippen LogP contribution is 2.34. The molecule has 0 bridgehead atoms. The molecule has 0 fully saturated rings. The number of rotatable bonds is 5. The van der Waals surface area contributed by atoms with Crippen molar-refractivity contribution in [2.75, 3.05) is 5.32 Å². The minimum Gasteiger partial charge on any atom is -0.508 e. The van der Waals surface area contributed by atoms with Crippen LogP contribution in [-0.2, 0) is 11.2 Å². The molecule has 1 heterocycles. The van der Waals surface area contributed by atoms with Crippen LogP contribution in [0.5, 0.6) is 17.5 Å². The second kappa shape index (κ2) is 7.96. The van der Waals surface area contributed by atoms with Crippen LogP contribution in [0, 0.1) is 0 Å². The van der Waals surface area contributed by atoms with Crippen LogP contribution >= 0.6 is 0 Å². The average molecular weight is 402 g/mol. The minimum atomic E-state index is -0.363. The predicted octanol–water partition coefficient (Wildman–Crippen LogP) is 3.23. The molecule has 0 saturated heterocycles. The van der Waals surface area contributed by atoms with Crippen molar-refractivity contribution in [1.82, 2.24) is 14.8 Å². The number of aromatic hydroxyl groups is 3. The molecule has 0 spiro atoms. The van der Waals surface area contributed by atoms with Crippen molar-refractivity contribution in [3.63, 3.8) is 0 Å². The van der Waals surface area contributed by atoms with Crippen molar-refractivity contribution < 1.29 is 20.1 Å². The number of hydrogen-bond acceptors (Lipinski definition) is 6. The van der Waals surface area contributed by atoms with Gasteiger partial charge in [-0.15, -0.1) is 5.10 Å². The van der Waals surface area contributed by atoms with Gasteiger partial charge in [-0.2, -0.15) is 0 Å². The maximum Gasteiger partial charge on any atom is 0.319 e. The van der Waals surface area contributed by atoms with Crippen molar-refractivity contribution in [1.29, 1.82) is 0 Å². The normalized spacial score (nSPS) is 10.7. The van der Waals surface area contributed by atoms with Crippen LogP contribution in [-0.4, -0.2) is 36.0 Å². The molecule has 0 atom stereocenters. The number of anilines is 1. The van der Waals surface area contributed by atoms with Crippen LogP contribution in [0.15, 0.2) is 72.8 Å². The van der Waals surface area contributed by atoms with E-state index < -0.39 is 0 Å². The summed E-state index contributed by atoms with van der Waals surface area (Å²) >= 11 is 0. The van der Waals surface area contributed by atoms with E-state index in [1.54, 1.807) is 24.3 Å². The minimum absolute atomic E-state index is 0.0952. The molecule has 0 aliphatic heterocycles. The standard InChI is InChI=1S/C22H18N4O4/c27-17-10-11-18(19(28)13-17)21-24-25-22(30)26(21)16-8-6-15(7-9-16)23-20(29)12-14-4-2-1-3-5-14/h1-11,13,27-28H,12H2,(H,23,29)(H,25,30). The third kappa shape index (κ3) is 3.93. The van der Waals surface area contributed by atoms with Crippen LogP contribution in [0.4, 0.5) is 5.69 Å². The second-order valence-electron chi connectivity index (χ2n) is 6.62. The molecule has 4 rings (SSSR count). The molecule has 150 valence electrons. The molecule has 4 N–H and O–H groups in total. The molecule has 0 radical (unpaired) electrons. The number of phenols is 2. The van der Waals surface area contributed by atoms with Crippen LogP contribution in [0.3, 0.4) is 0 Å². The highest BCUT2D eigenvalue weighted by atomic mass is 16.3. The molecular formula is C22H18N4O4. The zero-order valence-corrected chi connectivity index (χ0v) is 15.7. The van der Waals surface area contributed by atoms with E-state index in [-0.39, 0.29) is 35.7 Å². The summed E-state index contributed by atoms with van der Waals surface area (Å²) in [6, 6.07) is 19.9. The fourth-order valence-electron chi connectivity index (χ4n) is 3.08. The van der Waals surface area contributed by atoms with E-state index in [0.717, 1.165) is 5.56 Å². The van der Waals surface area contributed by atoms with Crippen LogP contribution < -0.4 is 5.32 Å². The van der Waals surface area contributed by atoms with Gasteiger partial charge in [-0.1, -0.05) is 35.4 Å². The fraction of sp³-hybridized carbons (Fsp3) is 0.0455. The summed E-state index contributed by atoms with van der Waals surface area (Å²) in [6.45, 7) is 0. The van der Waals surface area contributed by atoms with E-state index in [9.17, 15) is 20.1 Å². The van der Waals surface area contributed by atoms with E-state index in [1.165, 1.54) is 22.8 Å². The molecule has 30 heavy (non-hydrogen) atoms. The molecule has 3 aromatic carbocycles. The molecule has 0 aliphatic rings. The molecule has 1 amide bonds. The Labute approximate surface area is 171 Å². The van der Waals surface area contributed by atoms with Gasteiger partial charge in [0.1, 0.15) is 11.5 Å². The Hall–Kier alpha value is -4.33. The molecule has 1 aromatic heterocycles. The summed E-state index contributed by atoms with van der Waals surface area (Å²) < 4.78 is 1.35. The number of carbonyl (C=O) groups is 1. The van der Waals surface area contributed by atoms with E-state index >= 15 is 0 Å². The molecule has 8 heteroatoms. The first-order valence-electron chi connectivity index (χ1n) is 9.12. The number of nitrogens with zero attached hydrogens (tertiary/aromatic N) is 3. The van der Waals surface area contributed by atoms with Gasteiger partial charge in [0.05, 0.1) is 17.7 Å². The van der Waals surface area contributed by atoms with E-state index in [2.05, 4.69) is 15.5 Å². The second-order valence-corrected chi connectivity index (χ2v) is 6.62. The van der Waals surface area contributed by atoms with Gasteiger partial charge in [0, 0.05) is 11.8 Å². The Morgan fingerprint density at radius 3 is 2.33 bits per heavy atom. The van der Waals surface area contributed by atoms with Crippen LogP contribution in [0.2, 0.25) is 0 Å². The van der Waals surface area contributed by atoms with Gasteiger partial charge in [-0.25, -0.2) is 4.57 Å². The maximum atomic E-state index is 12.2. The third-order valence-electron chi connectivity index (χ3n) is 4.48. The van der Waals surface area contributed by atoms with Gasteiger partial charge in [0.2, 0.25) is 5.91 Å². The van der Waals surface area contributed by atoms with Gasteiger partial charge in [0.25, 0.3) is 0 Å². The van der Waals surface area contributed by atoms with Gasteiger partial charge in [-0.05, 0) is 42.0 Å². The van der Waals surface area contributed by atoms with E-state index in [1.807, 2.05) is 30.3 Å². The number of nitrogens with one attached hydrogen (secondary N) is 1. The summed E-state index contributed by atoms with van der Waals surface area (Å²) in [5.74, 6) is -0.239. The summed E-state index contributed by atoms with van der Waals surface area (Å²) in [7, 11) is 0. The lowest BCUT2D eigenvalue weighted by Crippen LogP contribution is -2.14. The van der Waals surface area contributed by atoms with E-state index in [4.69, 9.17) is 0 Å². The Bertz CT molecular complexity index is 1190. The van der Waals surface area contributed by atoms with Crippen molar-refractivity contribution in [2.24, 2.45) is 0 Å². The largest absolute Gasteiger partial charge is 0.508 e. The van der Waals surface area contributed by atoms with Gasteiger partial charge in [-0.3, -0.25) is 4.79 Å². The average Bonchev–Trinajstić information content (AvgIpc) is 3.10. The molecule has 0 saturated carbocycles. The molecule has 4 aromatic rings. The van der Waals surface area contributed by atoms with Crippen LogP contribution in [0.1, 0.15) is 5.56 Å². The number of amides is 1. The summed E-state index contributed by atoms with van der Waals surface area (Å²) in [4.78, 5) is 12.2. The Morgan fingerprint density at radius 2 is 1.63 bits per heavy atom. The lowest BCUT2D eigenvalue weighted by atomic mass is 10.1. The molecule has 8 nitrogen and oxygen atoms in total. The lowest BCUT2D eigenvalue weighted by molar-refractivity contribution is -0.115. The third-order valence-corrected chi connectivity index (χ3v) is 4.48. The molecule has 0 unspecified atom stereocenters. The van der Waals surface area contributed by atoms with Gasteiger partial charge < -0.3 is 20.6 Å². The summed E-state index contributed by atoms with van der Waals surface area (Å²) in [6.07, 6.45) is 0.263. The fourth-order valence-corrected chi connectivity index (χ4v) is 3.08. The molecular weight excluding hydrogens is 384 g/mol. The lowest BCUT2D eigenvalue weighted by Gasteiger charge is -2.10. The Kier molecular flexibility index (Phi) is 5.04. The first-order valence-corrected chi connectivity index (χ1v) is 9.12. The Balaban J connectivity index is 1.56. The Morgan fingerprint density at radius 1 is 0.900 bits per heavy atom. The number of benzene rings is 3. The SMILES string of the molecule is O=C(Cc1ccccc1)Nc1ccc(-n2c(O)nnc2-c2ccc(O)cc2O)cc1. The first kappa shape index (κ1) is 19.0. The molecule has 0 aliphatic carbocycles. The quantitative estimate of drug-likeness (QED) is 0.407. The van der Waals surface area contributed by atoms with Crippen molar-refractivity contribution in [2.45, 2.75) is 6.42 Å². The summed E-state index contributed by atoms with van der Waals surface area (Å²) in [5.41, 5.74) is 2.34. The number of aromatic nitrogens is 3. The van der Waals surface area contributed by atoms with Crippen molar-refractivity contribution in [3.8, 4) is 34.6 Å². The van der Waals surface area contributed by atoms with Crippen molar-refractivity contribution >= 4 is 11.6 Å². The zero-order valence-electron chi connectivity index (χ0n) is 15.7. The maximum absolute atomic E-state index is 12.2. The topological polar surface area (TPSA) is 121 Å². The predicted molar refractivity (Wildman–Crippen MR) is 111 cm³/mol. The smallest absolute Gasteiger partial charge is 0.319 e. The number of phenolic OH excluding ortho intramolecular Hbond substituents is 2. The van der Waals surface area contributed by atoms with Gasteiger partial charge >= 0.3 is 6.01 Å². The monoisotopic (exact) mass is 402 g/mol. The van der Waals surface area contributed by atoms with Crippen LogP contribution in [0.25, 0.3) is 17.1 Å². The first-order chi connectivity index (χ1) is 14.5.